The van der Waals surface area contributed by atoms with Gasteiger partial charge in [-0.1, -0.05) is 6.07 Å². The molecule has 0 unspecified atom stereocenters. The number of anilines is 2. The summed E-state index contributed by atoms with van der Waals surface area (Å²) in [6.45, 7) is 3.89. The minimum Gasteiger partial charge on any atom is -0.497 e. The number of pyridine rings is 1. The monoisotopic (exact) mass is 254 g/mol. The van der Waals surface area contributed by atoms with E-state index in [-0.39, 0.29) is 0 Å². The summed E-state index contributed by atoms with van der Waals surface area (Å²) in [6.07, 6.45) is 0. The molecule has 2 aromatic rings. The molecule has 0 aliphatic heterocycles. The molecular weight excluding hydrogens is 238 g/mol. The zero-order valence-electron chi connectivity index (χ0n) is 11.2. The maximum atomic E-state index is 9.23. The number of aryl methyl sites for hydroxylation is 2. The molecule has 1 aromatic carbocycles. The number of rotatable bonds is 3. The van der Waals surface area contributed by atoms with Crippen LogP contribution in [0, 0.1) is 25.2 Å². The van der Waals surface area contributed by atoms with Crippen molar-refractivity contribution in [3.8, 4) is 11.8 Å². The Morgan fingerprint density at radius 3 is 2.74 bits per heavy atom. The Hall–Kier alpha value is -2.54. The van der Waals surface area contributed by atoms with Crippen LogP contribution in [-0.4, -0.2) is 7.11 Å². The van der Waals surface area contributed by atoms with E-state index in [0.29, 0.717) is 11.4 Å². The van der Waals surface area contributed by atoms with Crippen molar-refractivity contribution in [3.63, 3.8) is 0 Å². The van der Waals surface area contributed by atoms with Crippen LogP contribution in [0.1, 0.15) is 16.8 Å². The summed E-state index contributed by atoms with van der Waals surface area (Å²) >= 11 is 0. The van der Waals surface area contributed by atoms with Gasteiger partial charge in [-0.15, -0.1) is 0 Å². The zero-order chi connectivity index (χ0) is 13.8. The second-order valence-corrected chi connectivity index (χ2v) is 4.35. The molecule has 2 N–H and O–H groups in total. The van der Waals surface area contributed by atoms with Gasteiger partial charge in [-0.05, 0) is 37.6 Å². The van der Waals surface area contributed by atoms with Crippen LogP contribution in [0.2, 0.25) is 0 Å². The lowest BCUT2D eigenvalue weighted by Gasteiger charge is -2.05. The fraction of sp³-hybridized carbons (Fsp3) is 0.200. The summed E-state index contributed by atoms with van der Waals surface area (Å²) in [5.41, 5.74) is 3.44. The highest BCUT2D eigenvalue weighted by molar-refractivity contribution is 5.63. The van der Waals surface area contributed by atoms with Gasteiger partial charge in [0.2, 0.25) is 0 Å². The number of hydrogen-bond acceptors (Lipinski definition) is 3. The molecule has 2 rings (SSSR count). The van der Waals surface area contributed by atoms with E-state index in [1.165, 1.54) is 0 Å². The van der Waals surface area contributed by atoms with E-state index < -0.39 is 0 Å². The third-order valence-electron chi connectivity index (χ3n) is 2.85. The van der Waals surface area contributed by atoms with Crippen molar-refractivity contribution >= 4 is 11.5 Å². The molecule has 0 fully saturated rings. The van der Waals surface area contributed by atoms with Gasteiger partial charge in [-0.2, -0.15) is 5.26 Å². The SMILES string of the molecule is COc1cccc(Nc2[nH+]c(C)cc(C)c2C#N)c1. The first-order chi connectivity index (χ1) is 9.13. The average Bonchev–Trinajstić information content (AvgIpc) is 2.38. The fourth-order valence-electron chi connectivity index (χ4n) is 1.97. The van der Waals surface area contributed by atoms with Gasteiger partial charge in [-0.25, -0.2) is 10.3 Å². The van der Waals surface area contributed by atoms with Crippen molar-refractivity contribution in [2.24, 2.45) is 0 Å². The van der Waals surface area contributed by atoms with E-state index in [1.54, 1.807) is 7.11 Å². The molecule has 0 amide bonds. The minimum atomic E-state index is 0.619. The Bertz CT molecular complexity index is 644. The molecule has 0 radical (unpaired) electrons. The van der Waals surface area contributed by atoms with Crippen molar-refractivity contribution in [1.82, 2.24) is 0 Å². The largest absolute Gasteiger partial charge is 0.497 e. The Morgan fingerprint density at radius 1 is 1.26 bits per heavy atom. The quantitative estimate of drug-likeness (QED) is 0.916. The molecule has 19 heavy (non-hydrogen) atoms. The van der Waals surface area contributed by atoms with E-state index in [0.717, 1.165) is 22.7 Å². The predicted molar refractivity (Wildman–Crippen MR) is 73.5 cm³/mol. The molecule has 0 saturated heterocycles. The molecule has 4 nitrogen and oxygen atoms in total. The summed E-state index contributed by atoms with van der Waals surface area (Å²) in [6, 6.07) is 11.8. The van der Waals surface area contributed by atoms with Crippen molar-refractivity contribution in [1.29, 1.82) is 5.26 Å². The highest BCUT2D eigenvalue weighted by Gasteiger charge is 2.15. The predicted octanol–water partition coefficient (Wildman–Crippen LogP) is 2.74. The topological polar surface area (TPSA) is 59.2 Å². The molecule has 0 spiro atoms. The second kappa shape index (κ2) is 5.40. The van der Waals surface area contributed by atoms with Gasteiger partial charge in [0.1, 0.15) is 23.1 Å². The smallest absolute Gasteiger partial charge is 0.295 e. The molecule has 0 saturated carbocycles. The van der Waals surface area contributed by atoms with Gasteiger partial charge in [-0.3, -0.25) is 0 Å². The van der Waals surface area contributed by atoms with Gasteiger partial charge in [0.05, 0.1) is 12.8 Å². The molecule has 0 bridgehead atoms. The molecule has 1 aromatic heterocycles. The summed E-state index contributed by atoms with van der Waals surface area (Å²) in [7, 11) is 1.63. The van der Waals surface area contributed by atoms with Crippen molar-refractivity contribution in [2.75, 3.05) is 12.4 Å². The molecule has 0 atom stereocenters. The Kier molecular flexibility index (Phi) is 3.67. The molecular formula is C15H16N3O+. The van der Waals surface area contributed by atoms with Crippen LogP contribution in [0.25, 0.3) is 0 Å². The Labute approximate surface area is 112 Å². The van der Waals surface area contributed by atoms with Gasteiger partial charge in [0, 0.05) is 6.07 Å². The lowest BCUT2D eigenvalue weighted by molar-refractivity contribution is -0.370. The van der Waals surface area contributed by atoms with E-state index in [2.05, 4.69) is 16.4 Å². The Balaban J connectivity index is 2.40. The van der Waals surface area contributed by atoms with Crippen LogP contribution in [0.3, 0.4) is 0 Å². The highest BCUT2D eigenvalue weighted by atomic mass is 16.5. The lowest BCUT2D eigenvalue weighted by Crippen LogP contribution is -2.16. The van der Waals surface area contributed by atoms with Gasteiger partial charge in [0.15, 0.2) is 0 Å². The molecule has 1 heterocycles. The number of nitrogens with one attached hydrogen (secondary N) is 2. The number of hydrogen-bond donors (Lipinski definition) is 1. The summed E-state index contributed by atoms with van der Waals surface area (Å²) in [5, 5.41) is 12.5. The van der Waals surface area contributed by atoms with Crippen molar-refractivity contribution in [3.05, 3.63) is 47.2 Å². The fourth-order valence-corrected chi connectivity index (χ4v) is 1.97. The van der Waals surface area contributed by atoms with Crippen LogP contribution >= 0.6 is 0 Å². The number of nitrogens with zero attached hydrogens (tertiary/aromatic N) is 1. The second-order valence-electron chi connectivity index (χ2n) is 4.35. The number of aromatic nitrogens is 1. The summed E-state index contributed by atoms with van der Waals surface area (Å²) in [4.78, 5) is 3.18. The third kappa shape index (κ3) is 2.83. The van der Waals surface area contributed by atoms with Gasteiger partial charge in [0.25, 0.3) is 5.82 Å². The first kappa shape index (κ1) is 12.9. The van der Waals surface area contributed by atoms with Crippen LogP contribution in [0.5, 0.6) is 5.75 Å². The minimum absolute atomic E-state index is 0.619. The number of aromatic amines is 1. The number of methoxy groups -OCH3 is 1. The van der Waals surface area contributed by atoms with Gasteiger partial charge < -0.3 is 4.74 Å². The van der Waals surface area contributed by atoms with Crippen molar-refractivity contribution < 1.29 is 9.72 Å². The Morgan fingerprint density at radius 2 is 2.05 bits per heavy atom. The maximum Gasteiger partial charge on any atom is 0.295 e. The number of ether oxygens (including phenoxy) is 1. The molecule has 4 heteroatoms. The first-order valence-electron chi connectivity index (χ1n) is 5.98. The third-order valence-corrected chi connectivity index (χ3v) is 2.85. The number of H-pyrrole nitrogens is 1. The first-order valence-corrected chi connectivity index (χ1v) is 5.98. The van der Waals surface area contributed by atoms with Gasteiger partial charge >= 0.3 is 0 Å². The maximum absolute atomic E-state index is 9.23. The van der Waals surface area contributed by atoms with E-state index in [1.807, 2.05) is 44.2 Å². The zero-order valence-corrected chi connectivity index (χ0v) is 11.2. The number of benzene rings is 1. The summed E-state index contributed by atoms with van der Waals surface area (Å²) < 4.78 is 5.18. The average molecular weight is 254 g/mol. The van der Waals surface area contributed by atoms with Crippen molar-refractivity contribution in [2.45, 2.75) is 13.8 Å². The van der Waals surface area contributed by atoms with Crippen LogP contribution in [-0.2, 0) is 0 Å². The van der Waals surface area contributed by atoms with E-state index in [9.17, 15) is 5.26 Å². The molecule has 96 valence electrons. The normalized spacial score (nSPS) is 9.79. The number of nitriles is 1. The lowest BCUT2D eigenvalue weighted by atomic mass is 10.1. The van der Waals surface area contributed by atoms with Crippen LogP contribution in [0.15, 0.2) is 30.3 Å². The van der Waals surface area contributed by atoms with E-state index >= 15 is 0 Å². The standard InChI is InChI=1S/C15H15N3O/c1-10-7-11(2)17-15(14(10)9-16)18-12-5-4-6-13(8-12)19-3/h4-8H,1-3H3,(H,17,18)/p+1. The molecule has 0 aliphatic rings. The van der Waals surface area contributed by atoms with Crippen LogP contribution < -0.4 is 15.0 Å². The molecule has 0 aliphatic carbocycles. The van der Waals surface area contributed by atoms with Crippen LogP contribution in [0.4, 0.5) is 11.5 Å². The summed E-state index contributed by atoms with van der Waals surface area (Å²) in [5.74, 6) is 1.47. The highest BCUT2D eigenvalue weighted by Crippen LogP contribution is 2.22. The van der Waals surface area contributed by atoms with E-state index in [4.69, 9.17) is 4.74 Å².